The summed E-state index contributed by atoms with van der Waals surface area (Å²) < 4.78 is -0.149. The first-order valence-corrected chi connectivity index (χ1v) is 37.1. The van der Waals surface area contributed by atoms with Crippen molar-refractivity contribution >= 4 is 46.2 Å². The Hall–Kier alpha value is -3.52. The Morgan fingerprint density at radius 2 is 0.804 bits per heavy atom. The minimum atomic E-state index is -5.24. The van der Waals surface area contributed by atoms with Crippen LogP contribution in [0.4, 0.5) is 0 Å². The summed E-state index contributed by atoms with van der Waals surface area (Å²) in [5, 5.41) is 0. The van der Waals surface area contributed by atoms with Crippen LogP contribution in [0.15, 0.2) is 146 Å². The molecular weight excluding hydrogens is 815 g/mol. The second-order valence-electron chi connectivity index (χ2n) is 16.3. The standard InChI is InChI=1S/2C25H23.C2H7Si.2ClH.Zr/c2*1-2-3-10-21-15-16-22-17-23(19-11-6-4-7-12-19)18-24(22)25(21)20-13-8-5-9-14-20;1-3-2;;;/h2*4-9,11-18H,2-3,10H2,1H3;3H,1-2H3;2*1H;/q;;;;;+2/p-2. The van der Waals surface area contributed by atoms with E-state index in [4.69, 9.17) is 17.0 Å². The van der Waals surface area contributed by atoms with E-state index in [0.29, 0.717) is 0 Å². The average molecular weight is 868 g/mol. The number of unbranched alkanes of at least 4 members (excludes halogenated alkanes) is 2. The predicted octanol–water partition coefficient (Wildman–Crippen LogP) is 15.6. The monoisotopic (exact) mass is 865 g/mol. The molecule has 283 valence electrons. The first-order valence-electron chi connectivity index (χ1n) is 20.8. The molecule has 0 amide bonds. The third-order valence-electron chi connectivity index (χ3n) is 12.7. The van der Waals surface area contributed by atoms with Gasteiger partial charge in [0.1, 0.15) is 0 Å². The summed E-state index contributed by atoms with van der Waals surface area (Å²) in [6.07, 6.45) is 11.7. The number of halogens is 2. The quantitative estimate of drug-likeness (QED) is 0.101. The van der Waals surface area contributed by atoms with E-state index in [1.807, 2.05) is 0 Å². The summed E-state index contributed by atoms with van der Waals surface area (Å²) in [5.74, 6) is -1.84. The van der Waals surface area contributed by atoms with E-state index >= 15 is 0 Å². The number of hydrogen-bond donors (Lipinski definition) is 0. The van der Waals surface area contributed by atoms with Crippen molar-refractivity contribution < 1.29 is 15.6 Å². The van der Waals surface area contributed by atoms with Gasteiger partial charge in [0, 0.05) is 0 Å². The van der Waals surface area contributed by atoms with Crippen LogP contribution < -0.4 is 0 Å². The molecule has 0 radical (unpaired) electrons. The van der Waals surface area contributed by atoms with E-state index in [9.17, 15) is 0 Å². The molecule has 2 aliphatic rings. The fraction of sp³-hybridized carbons (Fsp3) is 0.231. The Bertz CT molecular complexity index is 2230. The van der Waals surface area contributed by atoms with E-state index in [0.717, 1.165) is 38.5 Å². The van der Waals surface area contributed by atoms with Gasteiger partial charge in [0.2, 0.25) is 0 Å². The van der Waals surface area contributed by atoms with Crippen molar-refractivity contribution in [2.75, 3.05) is 0 Å². The molecule has 0 N–H and O–H groups in total. The fourth-order valence-electron chi connectivity index (χ4n) is 9.81. The first-order chi connectivity index (χ1) is 27.3. The number of aryl methyl sites for hydroxylation is 2. The molecule has 56 heavy (non-hydrogen) atoms. The van der Waals surface area contributed by atoms with Crippen LogP contribution in [-0.4, -0.2) is 5.92 Å². The Morgan fingerprint density at radius 3 is 1.12 bits per heavy atom. The van der Waals surface area contributed by atoms with E-state index < -0.39 is 21.5 Å². The summed E-state index contributed by atoms with van der Waals surface area (Å²) in [6, 6.07) is 53.8. The van der Waals surface area contributed by atoms with Gasteiger partial charge in [-0.3, -0.25) is 0 Å². The molecule has 0 aliphatic heterocycles. The fourth-order valence-corrected chi connectivity index (χ4v) is 39.9. The Balaban J connectivity index is 1.44. The van der Waals surface area contributed by atoms with Gasteiger partial charge < -0.3 is 0 Å². The molecule has 2 aliphatic carbocycles. The zero-order valence-corrected chi connectivity index (χ0v) is 38.4. The van der Waals surface area contributed by atoms with Gasteiger partial charge in [-0.1, -0.05) is 0 Å². The van der Waals surface area contributed by atoms with Gasteiger partial charge in [-0.05, 0) is 0 Å². The van der Waals surface area contributed by atoms with Crippen LogP contribution in [-0.2, 0) is 28.4 Å². The van der Waals surface area contributed by atoms with E-state index in [-0.39, 0.29) is 7.25 Å². The molecule has 0 aromatic heterocycles. The SMILES string of the molecule is CCCCc1ccc2c(c1-c1ccccc1)C=C(c1ccccc1)[CH]2[Zr]([Cl])([Cl])([CH]1C(c2ccccc2)=Cc2c1ccc(CCCC)c2-c1ccccc1)[SiH](C)C. The van der Waals surface area contributed by atoms with Gasteiger partial charge in [0.05, 0.1) is 0 Å². The molecule has 8 rings (SSSR count). The van der Waals surface area contributed by atoms with Gasteiger partial charge >= 0.3 is 347 Å². The molecule has 0 bridgehead atoms. The van der Waals surface area contributed by atoms with Crippen LogP contribution in [0.2, 0.25) is 13.1 Å². The number of hydrogen-bond acceptors (Lipinski definition) is 0. The number of rotatable bonds is 13. The summed E-state index contributed by atoms with van der Waals surface area (Å²) in [6.45, 7) is 9.50. The number of allylic oxidation sites excluding steroid dienone is 2. The van der Waals surface area contributed by atoms with Gasteiger partial charge in [-0.15, -0.1) is 0 Å². The second kappa shape index (κ2) is 16.4. The predicted molar refractivity (Wildman–Crippen MR) is 246 cm³/mol. The van der Waals surface area contributed by atoms with E-state index in [1.54, 1.807) is 0 Å². The van der Waals surface area contributed by atoms with Crippen molar-refractivity contribution in [3.8, 4) is 22.3 Å². The molecule has 2 unspecified atom stereocenters. The molecule has 0 saturated heterocycles. The van der Waals surface area contributed by atoms with Gasteiger partial charge in [0.25, 0.3) is 0 Å². The van der Waals surface area contributed by atoms with Crippen LogP contribution in [0.3, 0.4) is 0 Å². The van der Waals surface area contributed by atoms with Gasteiger partial charge in [0.15, 0.2) is 0 Å². The van der Waals surface area contributed by atoms with Crippen molar-refractivity contribution in [1.82, 2.24) is 0 Å². The number of fused-ring (bicyclic) bond motifs is 2. The molecule has 2 atom stereocenters. The molecule has 0 saturated carbocycles. The Morgan fingerprint density at radius 1 is 0.464 bits per heavy atom. The van der Waals surface area contributed by atoms with Crippen molar-refractivity contribution in [3.63, 3.8) is 0 Å². The molecule has 4 heteroatoms. The third kappa shape index (κ3) is 6.83. The maximum atomic E-state index is 9.09. The second-order valence-corrected chi connectivity index (χ2v) is 58.8. The maximum absolute atomic E-state index is 9.09. The van der Waals surface area contributed by atoms with Crippen LogP contribution in [0.5, 0.6) is 0 Å². The average Bonchev–Trinajstić information content (AvgIpc) is 3.84. The van der Waals surface area contributed by atoms with Crippen molar-refractivity contribution in [2.24, 2.45) is 0 Å². The molecule has 0 fully saturated rings. The Kier molecular flexibility index (Phi) is 11.5. The molecule has 0 spiro atoms. The third-order valence-corrected chi connectivity index (χ3v) is 64.3. The normalized spacial score (nSPS) is 16.9. The topological polar surface area (TPSA) is 0 Å². The molecular formula is C52H53Cl2SiZr. The molecule has 0 nitrogen and oxygen atoms in total. The molecule has 6 aromatic rings. The van der Waals surface area contributed by atoms with Crippen LogP contribution in [0, 0.1) is 0 Å². The summed E-state index contributed by atoms with van der Waals surface area (Å²) in [4.78, 5) is 0. The molecule has 6 aromatic carbocycles. The summed E-state index contributed by atoms with van der Waals surface area (Å²) in [7, 11) is 18.2. The number of benzene rings is 6. The summed E-state index contributed by atoms with van der Waals surface area (Å²) in [5.41, 5.74) is 18.4. The van der Waals surface area contributed by atoms with E-state index in [2.05, 4.69) is 185 Å². The first kappa shape index (κ1) is 39.3. The Labute approximate surface area is 344 Å². The molecule has 0 heterocycles. The van der Waals surface area contributed by atoms with Crippen LogP contribution >= 0.6 is 17.0 Å². The zero-order valence-electron chi connectivity index (χ0n) is 33.2. The summed E-state index contributed by atoms with van der Waals surface area (Å²) >= 11 is -5.24. The van der Waals surface area contributed by atoms with Crippen molar-refractivity contribution in [2.45, 2.75) is 72.7 Å². The van der Waals surface area contributed by atoms with Gasteiger partial charge in [-0.25, -0.2) is 0 Å². The van der Waals surface area contributed by atoms with Crippen molar-refractivity contribution in [3.05, 3.63) is 190 Å². The van der Waals surface area contributed by atoms with Crippen LogP contribution in [0.1, 0.15) is 91.3 Å². The van der Waals surface area contributed by atoms with Gasteiger partial charge in [-0.2, -0.15) is 0 Å². The van der Waals surface area contributed by atoms with Crippen molar-refractivity contribution in [1.29, 1.82) is 0 Å². The zero-order chi connectivity index (χ0) is 38.9. The van der Waals surface area contributed by atoms with E-state index in [1.165, 1.54) is 77.9 Å². The minimum absolute atomic E-state index is 0.0745. The van der Waals surface area contributed by atoms with Crippen LogP contribution in [0.25, 0.3) is 45.6 Å².